The number of carboxylic acid groups (broad SMARTS) is 1. The Morgan fingerprint density at radius 2 is 2.00 bits per heavy atom. The molecular formula is C10H15N3O2. The van der Waals surface area contributed by atoms with Crippen LogP contribution < -0.4 is 4.90 Å². The van der Waals surface area contributed by atoms with Gasteiger partial charge in [-0.1, -0.05) is 0 Å². The number of nitrogens with zero attached hydrogens (tertiary/aromatic N) is 3. The standard InChI is InChI=1S/C10H15N3O2/c1-4-13(5-2)9-6-8(10(14)15)11-7(3)12-9/h6H,4-5H2,1-3H3,(H,14,15). The van der Waals surface area contributed by atoms with Crippen LogP contribution in [0.25, 0.3) is 0 Å². The van der Waals surface area contributed by atoms with Crippen molar-refractivity contribution in [1.29, 1.82) is 0 Å². The molecule has 0 spiro atoms. The van der Waals surface area contributed by atoms with Crippen molar-refractivity contribution < 1.29 is 9.90 Å². The lowest BCUT2D eigenvalue weighted by Crippen LogP contribution is -2.24. The van der Waals surface area contributed by atoms with Crippen molar-refractivity contribution in [3.8, 4) is 0 Å². The zero-order valence-corrected chi connectivity index (χ0v) is 9.19. The first kappa shape index (κ1) is 11.4. The molecule has 0 saturated carbocycles. The van der Waals surface area contributed by atoms with Gasteiger partial charge in [0.25, 0.3) is 0 Å². The lowest BCUT2D eigenvalue weighted by molar-refractivity contribution is 0.0690. The second-order valence-corrected chi connectivity index (χ2v) is 3.14. The lowest BCUT2D eigenvalue weighted by atomic mass is 10.3. The molecule has 15 heavy (non-hydrogen) atoms. The molecule has 0 radical (unpaired) electrons. The monoisotopic (exact) mass is 209 g/mol. The van der Waals surface area contributed by atoms with E-state index in [1.54, 1.807) is 6.92 Å². The summed E-state index contributed by atoms with van der Waals surface area (Å²) in [6.07, 6.45) is 0. The van der Waals surface area contributed by atoms with Gasteiger partial charge in [-0.15, -0.1) is 0 Å². The fraction of sp³-hybridized carbons (Fsp3) is 0.500. The maximum Gasteiger partial charge on any atom is 0.354 e. The van der Waals surface area contributed by atoms with Crippen molar-refractivity contribution in [1.82, 2.24) is 9.97 Å². The summed E-state index contributed by atoms with van der Waals surface area (Å²) in [4.78, 5) is 20.8. The predicted octanol–water partition coefficient (Wildman–Crippen LogP) is 1.33. The average molecular weight is 209 g/mol. The highest BCUT2D eigenvalue weighted by atomic mass is 16.4. The van der Waals surface area contributed by atoms with E-state index in [2.05, 4.69) is 9.97 Å². The van der Waals surface area contributed by atoms with E-state index in [1.165, 1.54) is 6.07 Å². The minimum absolute atomic E-state index is 0.0457. The summed E-state index contributed by atoms with van der Waals surface area (Å²) in [6.45, 7) is 7.29. The normalized spacial score (nSPS) is 10.1. The molecule has 0 unspecified atom stereocenters. The van der Waals surface area contributed by atoms with Crippen LogP contribution >= 0.6 is 0 Å². The molecule has 0 aliphatic rings. The number of aryl methyl sites for hydroxylation is 1. The van der Waals surface area contributed by atoms with Gasteiger partial charge < -0.3 is 10.0 Å². The van der Waals surface area contributed by atoms with Crippen molar-refractivity contribution in [3.63, 3.8) is 0 Å². The highest BCUT2D eigenvalue weighted by Crippen LogP contribution is 2.12. The number of hydrogen-bond acceptors (Lipinski definition) is 4. The van der Waals surface area contributed by atoms with Gasteiger partial charge in [0.05, 0.1) is 0 Å². The lowest BCUT2D eigenvalue weighted by Gasteiger charge is -2.19. The third-order valence-corrected chi connectivity index (χ3v) is 2.13. The second-order valence-electron chi connectivity index (χ2n) is 3.14. The summed E-state index contributed by atoms with van der Waals surface area (Å²) in [6, 6.07) is 1.50. The summed E-state index contributed by atoms with van der Waals surface area (Å²) in [5.41, 5.74) is 0.0457. The van der Waals surface area contributed by atoms with E-state index in [1.807, 2.05) is 18.7 Å². The van der Waals surface area contributed by atoms with Gasteiger partial charge in [0.15, 0.2) is 5.69 Å². The Labute approximate surface area is 88.8 Å². The van der Waals surface area contributed by atoms with Gasteiger partial charge >= 0.3 is 5.97 Å². The predicted molar refractivity (Wildman–Crippen MR) is 57.3 cm³/mol. The van der Waals surface area contributed by atoms with Crippen LogP contribution in [0.15, 0.2) is 6.07 Å². The maximum absolute atomic E-state index is 10.8. The summed E-state index contributed by atoms with van der Waals surface area (Å²) in [7, 11) is 0. The molecule has 5 nitrogen and oxygen atoms in total. The molecule has 0 saturated heterocycles. The topological polar surface area (TPSA) is 66.3 Å². The Hall–Kier alpha value is -1.65. The van der Waals surface area contributed by atoms with Gasteiger partial charge in [0.1, 0.15) is 11.6 Å². The molecule has 0 aliphatic carbocycles. The second kappa shape index (κ2) is 4.72. The Kier molecular flexibility index (Phi) is 3.60. The molecule has 1 rings (SSSR count). The summed E-state index contributed by atoms with van der Waals surface area (Å²) in [5, 5.41) is 8.85. The van der Waals surface area contributed by atoms with Crippen LogP contribution in [0.4, 0.5) is 5.82 Å². The van der Waals surface area contributed by atoms with Crippen LogP contribution in [0.3, 0.4) is 0 Å². The fourth-order valence-electron chi connectivity index (χ4n) is 1.37. The van der Waals surface area contributed by atoms with Crippen LogP contribution in [-0.2, 0) is 0 Å². The van der Waals surface area contributed by atoms with Crippen LogP contribution in [-0.4, -0.2) is 34.1 Å². The van der Waals surface area contributed by atoms with Crippen molar-refractivity contribution in [2.45, 2.75) is 20.8 Å². The van der Waals surface area contributed by atoms with E-state index < -0.39 is 5.97 Å². The van der Waals surface area contributed by atoms with Crippen LogP contribution in [0, 0.1) is 6.92 Å². The largest absolute Gasteiger partial charge is 0.477 e. The molecule has 1 heterocycles. The van der Waals surface area contributed by atoms with Gasteiger partial charge in [-0.25, -0.2) is 14.8 Å². The van der Waals surface area contributed by atoms with E-state index in [-0.39, 0.29) is 5.69 Å². The van der Waals surface area contributed by atoms with E-state index in [0.717, 1.165) is 13.1 Å². The summed E-state index contributed by atoms with van der Waals surface area (Å²) in [5.74, 6) is 0.135. The third kappa shape index (κ3) is 2.65. The smallest absolute Gasteiger partial charge is 0.354 e. The van der Waals surface area contributed by atoms with E-state index in [0.29, 0.717) is 11.6 Å². The molecule has 0 amide bonds. The number of aromatic carboxylic acids is 1. The molecule has 1 N–H and O–H groups in total. The maximum atomic E-state index is 10.8. The SMILES string of the molecule is CCN(CC)c1cc(C(=O)O)nc(C)n1. The van der Waals surface area contributed by atoms with Crippen LogP contribution in [0.2, 0.25) is 0 Å². The van der Waals surface area contributed by atoms with E-state index in [9.17, 15) is 4.79 Å². The first-order chi connectivity index (χ1) is 7.08. The highest BCUT2D eigenvalue weighted by molar-refractivity contribution is 5.86. The molecule has 0 aromatic carbocycles. The highest BCUT2D eigenvalue weighted by Gasteiger charge is 2.11. The molecular weight excluding hydrogens is 194 g/mol. The number of hydrogen-bond donors (Lipinski definition) is 1. The van der Waals surface area contributed by atoms with Gasteiger partial charge in [-0.3, -0.25) is 0 Å². The van der Waals surface area contributed by atoms with Crippen molar-refractivity contribution in [2.24, 2.45) is 0 Å². The quantitative estimate of drug-likeness (QED) is 0.810. The number of carbonyl (C=O) groups is 1. The zero-order valence-electron chi connectivity index (χ0n) is 9.19. The third-order valence-electron chi connectivity index (χ3n) is 2.13. The molecule has 1 aromatic rings. The number of aromatic nitrogens is 2. The first-order valence-electron chi connectivity index (χ1n) is 4.92. The Morgan fingerprint density at radius 3 is 2.47 bits per heavy atom. The molecule has 0 bridgehead atoms. The van der Waals surface area contributed by atoms with E-state index in [4.69, 9.17) is 5.11 Å². The first-order valence-corrected chi connectivity index (χ1v) is 4.92. The Bertz CT molecular complexity index is 362. The minimum atomic E-state index is -1.02. The number of anilines is 1. The van der Waals surface area contributed by atoms with Gasteiger partial charge in [-0.05, 0) is 20.8 Å². The minimum Gasteiger partial charge on any atom is -0.477 e. The molecule has 82 valence electrons. The Balaban J connectivity index is 3.13. The number of carboxylic acids is 1. The zero-order chi connectivity index (χ0) is 11.4. The molecule has 5 heteroatoms. The van der Waals surface area contributed by atoms with Crippen molar-refractivity contribution in [3.05, 3.63) is 17.6 Å². The average Bonchev–Trinajstić information content (AvgIpc) is 2.18. The fourth-order valence-corrected chi connectivity index (χ4v) is 1.37. The molecule has 0 atom stereocenters. The van der Waals surface area contributed by atoms with Crippen molar-refractivity contribution in [2.75, 3.05) is 18.0 Å². The van der Waals surface area contributed by atoms with Gasteiger partial charge in [-0.2, -0.15) is 0 Å². The molecule has 0 aliphatic heterocycles. The van der Waals surface area contributed by atoms with Crippen LogP contribution in [0.1, 0.15) is 30.2 Å². The van der Waals surface area contributed by atoms with Gasteiger partial charge in [0, 0.05) is 19.2 Å². The molecule has 0 fully saturated rings. The number of rotatable bonds is 4. The summed E-state index contributed by atoms with van der Waals surface area (Å²) >= 11 is 0. The van der Waals surface area contributed by atoms with E-state index >= 15 is 0 Å². The van der Waals surface area contributed by atoms with Gasteiger partial charge in [0.2, 0.25) is 0 Å². The summed E-state index contributed by atoms with van der Waals surface area (Å²) < 4.78 is 0. The molecule has 1 aromatic heterocycles. The van der Waals surface area contributed by atoms with Crippen molar-refractivity contribution >= 4 is 11.8 Å². The Morgan fingerprint density at radius 1 is 1.40 bits per heavy atom. The van der Waals surface area contributed by atoms with Crippen LogP contribution in [0.5, 0.6) is 0 Å².